The summed E-state index contributed by atoms with van der Waals surface area (Å²) in [6.07, 6.45) is 2.99. The van der Waals surface area contributed by atoms with Crippen LogP contribution < -0.4 is 57.2 Å². The number of hydrogen-bond acceptors (Lipinski definition) is 5. The van der Waals surface area contributed by atoms with Crippen LogP contribution >= 0.6 is 12.2 Å². The van der Waals surface area contributed by atoms with Gasteiger partial charge < -0.3 is 24.8 Å². The molecule has 0 saturated heterocycles. The SMILES string of the molecule is NN(C(=O)c1ccncc1)C(=S)[S-].[K+]. The molecule has 0 aliphatic carbocycles. The van der Waals surface area contributed by atoms with Gasteiger partial charge in [0, 0.05) is 18.0 Å². The number of carbonyl (C=O) groups is 1. The molecule has 7 heteroatoms. The van der Waals surface area contributed by atoms with Crippen LogP contribution in [0.25, 0.3) is 0 Å². The van der Waals surface area contributed by atoms with Crippen molar-refractivity contribution in [3.8, 4) is 0 Å². The molecule has 14 heavy (non-hydrogen) atoms. The minimum absolute atomic E-state index is 0. The molecule has 1 heterocycles. The monoisotopic (exact) mass is 251 g/mol. The van der Waals surface area contributed by atoms with E-state index in [4.69, 9.17) is 5.84 Å². The predicted octanol–water partition coefficient (Wildman–Crippen LogP) is -2.77. The van der Waals surface area contributed by atoms with Gasteiger partial charge >= 0.3 is 51.4 Å². The zero-order chi connectivity index (χ0) is 9.84. The maximum absolute atomic E-state index is 11.4. The molecular formula is C7H6KN3OS2. The maximum Gasteiger partial charge on any atom is 1.00 e. The summed E-state index contributed by atoms with van der Waals surface area (Å²) < 4.78 is -0.0817. The van der Waals surface area contributed by atoms with Crippen molar-refractivity contribution in [3.05, 3.63) is 30.1 Å². The molecule has 0 radical (unpaired) electrons. The van der Waals surface area contributed by atoms with Gasteiger partial charge in [-0.05, 0) is 16.5 Å². The van der Waals surface area contributed by atoms with Gasteiger partial charge in [-0.1, -0.05) is 0 Å². The van der Waals surface area contributed by atoms with Crippen molar-refractivity contribution in [1.82, 2.24) is 9.99 Å². The number of hydrazine groups is 1. The number of pyridine rings is 1. The first-order chi connectivity index (χ1) is 6.13. The van der Waals surface area contributed by atoms with Gasteiger partial charge in [-0.25, -0.2) is 5.84 Å². The fourth-order valence-electron chi connectivity index (χ4n) is 0.716. The minimum Gasteiger partial charge on any atom is -0.409 e. The van der Waals surface area contributed by atoms with Crippen molar-refractivity contribution < 1.29 is 56.2 Å². The number of aromatic nitrogens is 1. The van der Waals surface area contributed by atoms with Gasteiger partial charge in [0.2, 0.25) is 0 Å². The summed E-state index contributed by atoms with van der Waals surface area (Å²) in [5.41, 5.74) is 0.407. The van der Waals surface area contributed by atoms with E-state index in [1.54, 1.807) is 0 Å². The molecule has 0 aliphatic heterocycles. The molecule has 0 saturated carbocycles. The third-order valence-corrected chi connectivity index (χ3v) is 1.74. The Hall–Kier alpha value is 0.526. The van der Waals surface area contributed by atoms with E-state index in [-0.39, 0.29) is 55.7 Å². The van der Waals surface area contributed by atoms with Crippen LogP contribution in [0.3, 0.4) is 0 Å². The van der Waals surface area contributed by atoms with Crippen molar-refractivity contribution in [2.75, 3.05) is 0 Å². The standard InChI is InChI=1S/C7H7N3OS2.K/c8-10(7(12)13)6(11)5-1-3-9-4-2-5;/h1-4H,8H2,(H,12,13);/q;+1/p-1. The summed E-state index contributed by atoms with van der Waals surface area (Å²) >= 11 is 9.15. The molecule has 0 unspecified atom stereocenters. The molecule has 1 amide bonds. The zero-order valence-electron chi connectivity index (χ0n) is 7.51. The average molecular weight is 251 g/mol. The van der Waals surface area contributed by atoms with E-state index >= 15 is 0 Å². The Morgan fingerprint density at radius 2 is 2.00 bits per heavy atom. The third kappa shape index (κ3) is 3.95. The van der Waals surface area contributed by atoms with Gasteiger partial charge in [0.25, 0.3) is 5.91 Å². The first-order valence-corrected chi connectivity index (χ1v) is 4.14. The largest absolute Gasteiger partial charge is 1.00 e. The third-order valence-electron chi connectivity index (χ3n) is 1.34. The Balaban J connectivity index is 0.00000169. The Morgan fingerprint density at radius 1 is 1.50 bits per heavy atom. The van der Waals surface area contributed by atoms with E-state index in [9.17, 15) is 4.79 Å². The van der Waals surface area contributed by atoms with Crippen molar-refractivity contribution >= 4 is 35.1 Å². The Morgan fingerprint density at radius 3 is 2.43 bits per heavy atom. The van der Waals surface area contributed by atoms with Gasteiger partial charge in [0.1, 0.15) is 0 Å². The van der Waals surface area contributed by atoms with Crippen LogP contribution in [0.15, 0.2) is 24.5 Å². The Labute approximate surface area is 135 Å². The molecule has 1 aromatic rings. The number of carbonyl (C=O) groups excluding carboxylic acids is 1. The van der Waals surface area contributed by atoms with E-state index in [0.29, 0.717) is 5.56 Å². The van der Waals surface area contributed by atoms with Crippen LogP contribution in [0.1, 0.15) is 10.4 Å². The van der Waals surface area contributed by atoms with E-state index in [0.717, 1.165) is 5.01 Å². The predicted molar refractivity (Wildman–Crippen MR) is 54.6 cm³/mol. The molecule has 1 rings (SSSR count). The number of nitrogens with zero attached hydrogens (tertiary/aromatic N) is 2. The zero-order valence-corrected chi connectivity index (χ0v) is 12.3. The molecule has 4 nitrogen and oxygen atoms in total. The number of amides is 1. The molecule has 0 bridgehead atoms. The summed E-state index contributed by atoms with van der Waals surface area (Å²) in [4.78, 5) is 15.2. The van der Waals surface area contributed by atoms with Crippen molar-refractivity contribution in [2.45, 2.75) is 0 Å². The van der Waals surface area contributed by atoms with Gasteiger partial charge in [-0.2, -0.15) is 0 Å². The second-order valence-corrected chi connectivity index (χ2v) is 3.21. The van der Waals surface area contributed by atoms with Gasteiger partial charge in [0.15, 0.2) is 0 Å². The van der Waals surface area contributed by atoms with Crippen LogP contribution in [-0.2, 0) is 12.6 Å². The molecule has 0 fully saturated rings. The minimum atomic E-state index is -0.428. The van der Waals surface area contributed by atoms with Crippen LogP contribution in [0, 0.1) is 0 Å². The molecule has 0 aromatic carbocycles. The quantitative estimate of drug-likeness (QED) is 0.146. The Kier molecular flexibility index (Phi) is 7.17. The van der Waals surface area contributed by atoms with Crippen LogP contribution in [0.5, 0.6) is 0 Å². The normalized spacial score (nSPS) is 8.64. The molecule has 0 spiro atoms. The molecule has 2 N–H and O–H groups in total. The van der Waals surface area contributed by atoms with Crippen LogP contribution in [-0.4, -0.2) is 20.2 Å². The smallest absolute Gasteiger partial charge is 0.409 e. The Bertz CT molecular complexity index is 333. The first-order valence-electron chi connectivity index (χ1n) is 3.33. The average Bonchev–Trinajstić information content (AvgIpc) is 2.17. The van der Waals surface area contributed by atoms with Gasteiger partial charge in [0.05, 0.1) is 0 Å². The van der Waals surface area contributed by atoms with E-state index in [1.807, 2.05) is 0 Å². The van der Waals surface area contributed by atoms with Crippen LogP contribution in [0.2, 0.25) is 0 Å². The van der Waals surface area contributed by atoms with Gasteiger partial charge in [-0.15, -0.1) is 0 Å². The molecule has 0 atom stereocenters. The van der Waals surface area contributed by atoms with Crippen molar-refractivity contribution in [3.63, 3.8) is 0 Å². The van der Waals surface area contributed by atoms with Crippen LogP contribution in [0.4, 0.5) is 0 Å². The molecule has 0 aliphatic rings. The first kappa shape index (κ1) is 14.5. The number of nitrogens with two attached hydrogens (primary N) is 1. The topological polar surface area (TPSA) is 59.2 Å². The number of thiocarbonyl (C=S) groups is 1. The summed E-state index contributed by atoms with van der Waals surface area (Å²) in [6.45, 7) is 0. The number of hydrogen-bond donors (Lipinski definition) is 1. The second kappa shape index (κ2) is 6.91. The van der Waals surface area contributed by atoms with E-state index < -0.39 is 5.91 Å². The summed E-state index contributed by atoms with van der Waals surface area (Å²) in [6, 6.07) is 3.08. The summed E-state index contributed by atoms with van der Waals surface area (Å²) in [7, 11) is 0. The number of rotatable bonds is 1. The van der Waals surface area contributed by atoms with Crippen molar-refractivity contribution in [1.29, 1.82) is 0 Å². The maximum atomic E-state index is 11.4. The summed E-state index contributed by atoms with van der Waals surface area (Å²) in [5, 5.41) is 0.750. The van der Waals surface area contributed by atoms with Crippen molar-refractivity contribution in [2.24, 2.45) is 5.84 Å². The van der Waals surface area contributed by atoms with E-state index in [1.165, 1.54) is 24.5 Å². The summed E-state index contributed by atoms with van der Waals surface area (Å²) in [5.74, 6) is 4.88. The fraction of sp³-hybridized carbons (Fsp3) is 0. The van der Waals surface area contributed by atoms with E-state index in [2.05, 4.69) is 29.8 Å². The molecule has 1 aromatic heterocycles. The molecular weight excluding hydrogens is 245 g/mol. The fourth-order valence-corrected chi connectivity index (χ4v) is 0.882. The molecule has 68 valence electrons. The van der Waals surface area contributed by atoms with Gasteiger partial charge in [-0.3, -0.25) is 14.8 Å². The second-order valence-electron chi connectivity index (χ2n) is 2.18.